The van der Waals surface area contributed by atoms with Gasteiger partial charge in [0.15, 0.2) is 17.3 Å². The van der Waals surface area contributed by atoms with E-state index in [9.17, 15) is 4.79 Å². The molecule has 0 radical (unpaired) electrons. The molecule has 0 bridgehead atoms. The molecular formula is C23H23N3O4. The maximum absolute atomic E-state index is 12.4. The van der Waals surface area contributed by atoms with Crippen LogP contribution in [0.2, 0.25) is 0 Å². The Labute approximate surface area is 174 Å². The summed E-state index contributed by atoms with van der Waals surface area (Å²) >= 11 is 0. The fourth-order valence-electron chi connectivity index (χ4n) is 3.38. The van der Waals surface area contributed by atoms with Crippen LogP contribution in [-0.4, -0.2) is 29.2 Å². The number of methoxy groups -OCH3 is 1. The number of hydrogen-bond acceptors (Lipinski definition) is 5. The molecule has 1 N–H and O–H groups in total. The van der Waals surface area contributed by atoms with E-state index in [1.54, 1.807) is 19.2 Å². The van der Waals surface area contributed by atoms with Crippen molar-refractivity contribution in [2.45, 2.75) is 19.5 Å². The van der Waals surface area contributed by atoms with E-state index in [0.717, 1.165) is 16.9 Å². The number of nitrogens with one attached hydrogen (secondary N) is 1. The smallest absolute Gasteiger partial charge is 0.287 e. The highest BCUT2D eigenvalue weighted by molar-refractivity contribution is 5.91. The largest absolute Gasteiger partial charge is 0.493 e. The minimum Gasteiger partial charge on any atom is -0.493 e. The van der Waals surface area contributed by atoms with Crippen LogP contribution in [0.3, 0.4) is 0 Å². The van der Waals surface area contributed by atoms with Gasteiger partial charge in [0.05, 0.1) is 37.0 Å². The quantitative estimate of drug-likeness (QED) is 0.475. The van der Waals surface area contributed by atoms with Gasteiger partial charge in [-0.2, -0.15) is 0 Å². The minimum absolute atomic E-state index is 0.268. The van der Waals surface area contributed by atoms with E-state index >= 15 is 0 Å². The predicted molar refractivity (Wildman–Crippen MR) is 113 cm³/mol. The molecule has 4 rings (SSSR count). The van der Waals surface area contributed by atoms with Gasteiger partial charge in [0, 0.05) is 0 Å². The van der Waals surface area contributed by atoms with Gasteiger partial charge in [0.25, 0.3) is 5.91 Å². The summed E-state index contributed by atoms with van der Waals surface area (Å²) in [5.74, 6) is 2.11. The van der Waals surface area contributed by atoms with E-state index in [1.165, 1.54) is 6.26 Å². The number of rotatable bonds is 8. The molecule has 0 unspecified atom stereocenters. The summed E-state index contributed by atoms with van der Waals surface area (Å²) in [6, 6.07) is 18.4. The number of hydrogen-bond donors (Lipinski definition) is 1. The maximum atomic E-state index is 12.4. The highest BCUT2D eigenvalue weighted by Crippen LogP contribution is 2.26. The van der Waals surface area contributed by atoms with Crippen LogP contribution < -0.4 is 14.8 Å². The molecule has 2 heterocycles. The Hall–Kier alpha value is -3.74. The van der Waals surface area contributed by atoms with Crippen molar-refractivity contribution in [3.05, 3.63) is 78.5 Å². The number of nitrogens with zero attached hydrogens (tertiary/aromatic N) is 2. The summed E-state index contributed by atoms with van der Waals surface area (Å²) in [6.07, 6.45) is 1.48. The Morgan fingerprint density at radius 3 is 2.63 bits per heavy atom. The molecule has 30 heavy (non-hydrogen) atoms. The van der Waals surface area contributed by atoms with E-state index in [0.29, 0.717) is 24.7 Å². The van der Waals surface area contributed by atoms with Gasteiger partial charge in [-0.15, -0.1) is 0 Å². The first kappa shape index (κ1) is 19.6. The molecule has 1 atom stereocenters. The molecular weight excluding hydrogens is 382 g/mol. The van der Waals surface area contributed by atoms with Gasteiger partial charge in [-0.1, -0.05) is 24.3 Å². The molecule has 1 amide bonds. The van der Waals surface area contributed by atoms with Gasteiger partial charge >= 0.3 is 0 Å². The number of para-hydroxylation sites is 4. The Morgan fingerprint density at radius 1 is 1.10 bits per heavy atom. The summed E-state index contributed by atoms with van der Waals surface area (Å²) in [6.45, 7) is 2.89. The Bertz CT molecular complexity index is 1130. The third kappa shape index (κ3) is 4.00. The van der Waals surface area contributed by atoms with Gasteiger partial charge in [-0.25, -0.2) is 4.98 Å². The normalized spacial score (nSPS) is 11.9. The Kier molecular flexibility index (Phi) is 5.70. The van der Waals surface area contributed by atoms with Crippen molar-refractivity contribution in [3.63, 3.8) is 0 Å². The number of carbonyl (C=O) groups is 1. The second-order valence-electron chi connectivity index (χ2n) is 6.78. The number of aromatic nitrogens is 2. The van der Waals surface area contributed by atoms with E-state index in [1.807, 2.05) is 55.5 Å². The molecule has 4 aromatic rings. The van der Waals surface area contributed by atoms with Crippen molar-refractivity contribution < 1.29 is 18.7 Å². The van der Waals surface area contributed by atoms with Crippen molar-refractivity contribution in [3.8, 4) is 11.5 Å². The van der Waals surface area contributed by atoms with Gasteiger partial charge < -0.3 is 23.8 Å². The molecule has 154 valence electrons. The first-order valence-corrected chi connectivity index (χ1v) is 9.72. The molecule has 0 aliphatic carbocycles. The zero-order valence-corrected chi connectivity index (χ0v) is 16.9. The van der Waals surface area contributed by atoms with Crippen LogP contribution in [0.1, 0.15) is 29.3 Å². The van der Waals surface area contributed by atoms with Crippen LogP contribution in [-0.2, 0) is 6.54 Å². The summed E-state index contributed by atoms with van der Waals surface area (Å²) in [4.78, 5) is 17.1. The lowest BCUT2D eigenvalue weighted by molar-refractivity contribution is 0.0909. The zero-order chi connectivity index (χ0) is 20.9. The van der Waals surface area contributed by atoms with Gasteiger partial charge in [0.1, 0.15) is 12.4 Å². The van der Waals surface area contributed by atoms with Crippen molar-refractivity contribution in [1.29, 1.82) is 0 Å². The minimum atomic E-state index is -0.318. The fraction of sp³-hybridized carbons (Fsp3) is 0.217. The third-order valence-corrected chi connectivity index (χ3v) is 4.81. The lowest BCUT2D eigenvalue weighted by Crippen LogP contribution is -2.28. The third-order valence-electron chi connectivity index (χ3n) is 4.81. The van der Waals surface area contributed by atoms with Crippen LogP contribution in [0.15, 0.2) is 71.3 Å². The number of ether oxygens (including phenoxy) is 2. The average molecular weight is 405 g/mol. The van der Waals surface area contributed by atoms with Crippen molar-refractivity contribution in [2.75, 3.05) is 13.7 Å². The van der Waals surface area contributed by atoms with E-state index in [2.05, 4.69) is 9.88 Å². The standard InChI is InChI=1S/C23H23N3O4/c1-16(24-23(27)21-12-7-14-29-21)22-25-17-8-3-4-9-18(17)26(22)13-15-30-20-11-6-5-10-19(20)28-2/h3-12,14,16H,13,15H2,1-2H3,(H,24,27)/t16-/m1/s1. The van der Waals surface area contributed by atoms with Gasteiger partial charge in [-0.05, 0) is 43.3 Å². The lowest BCUT2D eigenvalue weighted by atomic mass is 10.3. The zero-order valence-electron chi connectivity index (χ0n) is 16.9. The molecule has 2 aromatic carbocycles. The number of furan rings is 1. The summed E-state index contributed by atoms with van der Waals surface area (Å²) in [5, 5.41) is 2.95. The van der Waals surface area contributed by atoms with Crippen LogP contribution >= 0.6 is 0 Å². The summed E-state index contributed by atoms with van der Waals surface area (Å²) in [5.41, 5.74) is 1.85. The topological polar surface area (TPSA) is 78.5 Å². The SMILES string of the molecule is COc1ccccc1OCCn1c([C@@H](C)NC(=O)c2ccco2)nc2ccccc21. The predicted octanol–water partition coefficient (Wildman–Crippen LogP) is 4.21. The molecule has 0 saturated heterocycles. The molecule has 0 fully saturated rings. The lowest BCUT2D eigenvalue weighted by Gasteiger charge is -2.16. The molecule has 0 saturated carbocycles. The van der Waals surface area contributed by atoms with Crippen LogP contribution in [0.4, 0.5) is 0 Å². The molecule has 0 aliphatic rings. The Morgan fingerprint density at radius 2 is 1.87 bits per heavy atom. The van der Waals surface area contributed by atoms with Crippen molar-refractivity contribution >= 4 is 16.9 Å². The number of imidazole rings is 1. The average Bonchev–Trinajstić information content (AvgIpc) is 3.43. The monoisotopic (exact) mass is 405 g/mol. The van der Waals surface area contributed by atoms with Crippen LogP contribution in [0.25, 0.3) is 11.0 Å². The van der Waals surface area contributed by atoms with Gasteiger partial charge in [0.2, 0.25) is 0 Å². The van der Waals surface area contributed by atoms with E-state index in [-0.39, 0.29) is 17.7 Å². The van der Waals surface area contributed by atoms with E-state index in [4.69, 9.17) is 18.9 Å². The van der Waals surface area contributed by atoms with Crippen molar-refractivity contribution in [1.82, 2.24) is 14.9 Å². The number of amides is 1. The van der Waals surface area contributed by atoms with Crippen LogP contribution in [0, 0.1) is 0 Å². The maximum Gasteiger partial charge on any atom is 0.287 e. The highest BCUT2D eigenvalue weighted by Gasteiger charge is 2.20. The Balaban J connectivity index is 1.55. The first-order chi connectivity index (χ1) is 14.7. The molecule has 0 spiro atoms. The van der Waals surface area contributed by atoms with Gasteiger partial charge in [-0.3, -0.25) is 4.79 Å². The molecule has 7 nitrogen and oxygen atoms in total. The molecule has 0 aliphatic heterocycles. The second kappa shape index (κ2) is 8.73. The highest BCUT2D eigenvalue weighted by atomic mass is 16.5. The summed E-state index contributed by atoms with van der Waals surface area (Å²) in [7, 11) is 1.62. The van der Waals surface area contributed by atoms with Crippen molar-refractivity contribution in [2.24, 2.45) is 0 Å². The fourth-order valence-corrected chi connectivity index (χ4v) is 3.38. The first-order valence-electron chi connectivity index (χ1n) is 9.72. The molecule has 7 heteroatoms. The van der Waals surface area contributed by atoms with E-state index < -0.39 is 0 Å². The number of benzene rings is 2. The number of carbonyl (C=O) groups excluding carboxylic acids is 1. The summed E-state index contributed by atoms with van der Waals surface area (Å²) < 4.78 is 18.5. The second-order valence-corrected chi connectivity index (χ2v) is 6.78. The van der Waals surface area contributed by atoms with Crippen LogP contribution in [0.5, 0.6) is 11.5 Å². The number of fused-ring (bicyclic) bond motifs is 1. The molecule has 2 aromatic heterocycles.